The van der Waals surface area contributed by atoms with Crippen molar-refractivity contribution < 1.29 is 22.1 Å². The highest BCUT2D eigenvalue weighted by Crippen LogP contribution is 2.32. The molecule has 9 nitrogen and oxygen atoms in total. The van der Waals surface area contributed by atoms with Gasteiger partial charge >= 0.3 is 16.1 Å². The van der Waals surface area contributed by atoms with Gasteiger partial charge in [0.25, 0.3) is 0 Å². The maximum absolute atomic E-state index is 13.0. The number of morpholine rings is 1. The number of hydrogen-bond acceptors (Lipinski definition) is 7. The number of carbonyl (C=O) groups is 1. The van der Waals surface area contributed by atoms with Crippen LogP contribution in [0.4, 0.5) is 4.79 Å². The molecule has 0 saturated carbocycles. The molecule has 2 fully saturated rings. The summed E-state index contributed by atoms with van der Waals surface area (Å²) in [4.78, 5) is 19.4. The molecule has 3 aliphatic rings. The summed E-state index contributed by atoms with van der Waals surface area (Å²) in [6.45, 7) is 7.30. The van der Waals surface area contributed by atoms with Gasteiger partial charge in [0.2, 0.25) is 0 Å². The van der Waals surface area contributed by atoms with E-state index in [1.807, 2.05) is 28.0 Å². The number of nitriles is 1. The van der Waals surface area contributed by atoms with Gasteiger partial charge in [-0.05, 0) is 80.5 Å². The Balaban J connectivity index is 1.25. The topological polar surface area (TPSA) is 103 Å². The van der Waals surface area contributed by atoms with E-state index in [1.54, 1.807) is 18.2 Å². The predicted octanol–water partition coefficient (Wildman–Crippen LogP) is 3.81. The molecule has 40 heavy (non-hydrogen) atoms. The molecular weight excluding hydrogens is 528 g/mol. The van der Waals surface area contributed by atoms with Crippen LogP contribution in [0.5, 0.6) is 5.75 Å². The summed E-state index contributed by atoms with van der Waals surface area (Å²) in [6, 6.07) is 14.4. The molecule has 2 saturated heterocycles. The second-order valence-electron chi connectivity index (χ2n) is 10.8. The smallest absolute Gasteiger partial charge is 0.340 e. The van der Waals surface area contributed by atoms with Gasteiger partial charge in [-0.2, -0.15) is 13.7 Å². The van der Waals surface area contributed by atoms with Crippen LogP contribution in [0.1, 0.15) is 49.3 Å². The minimum absolute atomic E-state index is 0.0634. The van der Waals surface area contributed by atoms with E-state index in [4.69, 9.17) is 8.92 Å². The number of fused-ring (bicyclic) bond motifs is 1. The van der Waals surface area contributed by atoms with E-state index in [-0.39, 0.29) is 22.2 Å². The quantitative estimate of drug-likeness (QED) is 0.470. The molecule has 1 aliphatic carbocycles. The Morgan fingerprint density at radius 1 is 1.02 bits per heavy atom. The Morgan fingerprint density at radius 3 is 2.48 bits per heavy atom. The molecule has 2 aromatic carbocycles. The average Bonchev–Trinajstić information content (AvgIpc) is 2.99. The first-order valence-electron chi connectivity index (χ1n) is 14.3. The number of hydrogen-bond donors (Lipinski definition) is 0. The fraction of sp³-hybridized carbons (Fsp3) is 0.533. The fourth-order valence-electron chi connectivity index (χ4n) is 6.26. The zero-order valence-corrected chi connectivity index (χ0v) is 23.9. The zero-order valence-electron chi connectivity index (χ0n) is 23.1. The number of ether oxygens (including phenoxy) is 1. The van der Waals surface area contributed by atoms with Crippen LogP contribution in [-0.4, -0.2) is 87.2 Å². The lowest BCUT2D eigenvalue weighted by Crippen LogP contribution is -2.54. The van der Waals surface area contributed by atoms with Gasteiger partial charge < -0.3 is 18.7 Å². The first kappa shape index (κ1) is 28.4. The molecule has 0 radical (unpaired) electrons. The van der Waals surface area contributed by atoms with Gasteiger partial charge in [0, 0.05) is 38.3 Å². The lowest BCUT2D eigenvalue weighted by atomic mass is 9.86. The van der Waals surface area contributed by atoms with Crippen molar-refractivity contribution in [2.75, 3.05) is 45.9 Å². The molecule has 1 atom stereocenters. The molecule has 0 bridgehead atoms. The maximum atomic E-state index is 13.0. The molecule has 5 rings (SSSR count). The van der Waals surface area contributed by atoms with E-state index in [0.29, 0.717) is 38.4 Å². The average molecular weight is 567 g/mol. The molecule has 2 amide bonds. The van der Waals surface area contributed by atoms with Crippen LogP contribution >= 0.6 is 0 Å². The summed E-state index contributed by atoms with van der Waals surface area (Å²) in [5.74, 6) is 0.268. The number of benzene rings is 2. The molecule has 0 N–H and O–H groups in total. The maximum Gasteiger partial charge on any atom is 0.340 e. The Morgan fingerprint density at radius 2 is 1.75 bits per heavy atom. The standard InChI is InChI=1S/C30H38N4O5S/c1-2-13-34(26-11-14-32(15-12-26)30(35)33-16-18-38-19-17-33)27-9-7-23-8-10-28(21-25(23)20-27)39-40(36,37)29-6-4-3-5-24(29)22-31/h3-6,8,10,21,26-27H,2,7,9,11-20H2,1H3. The number of aryl methyl sites for hydroxylation is 1. The Bertz CT molecular complexity index is 1340. The number of amides is 2. The summed E-state index contributed by atoms with van der Waals surface area (Å²) in [7, 11) is -4.13. The zero-order chi connectivity index (χ0) is 28.1. The van der Waals surface area contributed by atoms with Gasteiger partial charge in [0.15, 0.2) is 0 Å². The van der Waals surface area contributed by atoms with E-state index in [0.717, 1.165) is 63.7 Å². The molecule has 1 unspecified atom stereocenters. The van der Waals surface area contributed by atoms with Crippen LogP contribution in [0.2, 0.25) is 0 Å². The minimum atomic E-state index is -4.13. The first-order valence-corrected chi connectivity index (χ1v) is 15.7. The van der Waals surface area contributed by atoms with E-state index in [1.165, 1.54) is 17.7 Å². The van der Waals surface area contributed by atoms with Gasteiger partial charge in [-0.3, -0.25) is 4.90 Å². The van der Waals surface area contributed by atoms with Crippen LogP contribution in [0.3, 0.4) is 0 Å². The number of carbonyl (C=O) groups excluding carboxylic acids is 1. The number of rotatable bonds is 7. The van der Waals surface area contributed by atoms with Gasteiger partial charge in [0.05, 0.1) is 18.8 Å². The van der Waals surface area contributed by atoms with Gasteiger partial charge in [-0.15, -0.1) is 0 Å². The van der Waals surface area contributed by atoms with E-state index in [9.17, 15) is 18.5 Å². The van der Waals surface area contributed by atoms with Crippen LogP contribution in [0.15, 0.2) is 47.4 Å². The molecule has 2 aliphatic heterocycles. The number of likely N-dealkylation sites (tertiary alicyclic amines) is 1. The Kier molecular flexibility index (Phi) is 8.94. The molecule has 2 aromatic rings. The first-order chi connectivity index (χ1) is 19.4. The molecule has 10 heteroatoms. The third kappa shape index (κ3) is 6.27. The molecule has 0 spiro atoms. The second kappa shape index (κ2) is 12.6. The Hall–Kier alpha value is -3.13. The predicted molar refractivity (Wildman–Crippen MR) is 151 cm³/mol. The van der Waals surface area contributed by atoms with Crippen LogP contribution in [0, 0.1) is 11.3 Å². The third-order valence-electron chi connectivity index (χ3n) is 8.30. The third-order valence-corrected chi connectivity index (χ3v) is 9.61. The number of urea groups is 1. The minimum Gasteiger partial charge on any atom is -0.379 e. The van der Waals surface area contributed by atoms with Gasteiger partial charge in [-0.25, -0.2) is 4.79 Å². The van der Waals surface area contributed by atoms with Crippen molar-refractivity contribution in [2.24, 2.45) is 0 Å². The van der Waals surface area contributed by atoms with E-state index < -0.39 is 10.1 Å². The number of nitrogens with zero attached hydrogens (tertiary/aromatic N) is 4. The monoisotopic (exact) mass is 566 g/mol. The Labute approximate surface area is 237 Å². The van der Waals surface area contributed by atoms with Crippen molar-refractivity contribution in [3.63, 3.8) is 0 Å². The molecule has 0 aromatic heterocycles. The van der Waals surface area contributed by atoms with Crippen LogP contribution in [0.25, 0.3) is 0 Å². The number of piperidine rings is 1. The summed E-state index contributed by atoms with van der Waals surface area (Å²) in [5, 5.41) is 9.34. The van der Waals surface area contributed by atoms with Crippen molar-refractivity contribution in [1.29, 1.82) is 5.26 Å². The van der Waals surface area contributed by atoms with Gasteiger partial charge in [-0.1, -0.05) is 25.1 Å². The lowest BCUT2D eigenvalue weighted by molar-refractivity contribution is 0.0330. The van der Waals surface area contributed by atoms with E-state index >= 15 is 0 Å². The summed E-state index contributed by atoms with van der Waals surface area (Å²) in [6.07, 6.45) is 5.77. The van der Waals surface area contributed by atoms with Crippen molar-refractivity contribution in [3.05, 3.63) is 59.2 Å². The van der Waals surface area contributed by atoms with Crippen molar-refractivity contribution >= 4 is 16.1 Å². The molecule has 214 valence electrons. The van der Waals surface area contributed by atoms with Crippen molar-refractivity contribution in [1.82, 2.24) is 14.7 Å². The lowest BCUT2D eigenvalue weighted by Gasteiger charge is -2.44. The summed E-state index contributed by atoms with van der Waals surface area (Å²) in [5.41, 5.74) is 2.40. The molecular formula is C30H38N4O5S. The summed E-state index contributed by atoms with van der Waals surface area (Å²) < 4.78 is 36.8. The highest BCUT2D eigenvalue weighted by Gasteiger charge is 2.34. The highest BCUT2D eigenvalue weighted by atomic mass is 32.2. The van der Waals surface area contributed by atoms with E-state index in [2.05, 4.69) is 11.8 Å². The van der Waals surface area contributed by atoms with Crippen molar-refractivity contribution in [2.45, 2.75) is 62.4 Å². The van der Waals surface area contributed by atoms with Crippen LogP contribution < -0.4 is 4.18 Å². The van der Waals surface area contributed by atoms with Gasteiger partial charge in [0.1, 0.15) is 16.7 Å². The molecule has 2 heterocycles. The van der Waals surface area contributed by atoms with Crippen molar-refractivity contribution in [3.8, 4) is 11.8 Å². The highest BCUT2D eigenvalue weighted by molar-refractivity contribution is 7.87. The second-order valence-corrected chi connectivity index (χ2v) is 12.3. The SMILES string of the molecule is CCCN(C1CCN(C(=O)N2CCOCC2)CC1)C1CCc2ccc(OS(=O)(=O)c3ccccc3C#N)cc2C1. The largest absolute Gasteiger partial charge is 0.379 e. The fourth-order valence-corrected chi connectivity index (χ4v) is 7.34. The van der Waals surface area contributed by atoms with Crippen LogP contribution in [-0.2, 0) is 27.7 Å². The normalized spacial score (nSPS) is 20.2. The summed E-state index contributed by atoms with van der Waals surface area (Å²) >= 11 is 0.